The largest absolute Gasteiger partial charge is 0.361 e. The van der Waals surface area contributed by atoms with Crippen molar-refractivity contribution in [2.75, 3.05) is 5.32 Å². The van der Waals surface area contributed by atoms with Gasteiger partial charge in [0.05, 0.1) is 22.1 Å². The number of rotatable bonds is 5. The van der Waals surface area contributed by atoms with Gasteiger partial charge >= 0.3 is 0 Å². The highest BCUT2D eigenvalue weighted by Gasteiger charge is 2.24. The number of benzene rings is 3. The Labute approximate surface area is 238 Å². The van der Waals surface area contributed by atoms with Gasteiger partial charge in [0.25, 0.3) is 5.56 Å². The predicted octanol–water partition coefficient (Wildman–Crippen LogP) is 6.60. The van der Waals surface area contributed by atoms with E-state index in [1.54, 1.807) is 10.8 Å². The minimum Gasteiger partial charge on any atom is -0.361 e. The van der Waals surface area contributed by atoms with Gasteiger partial charge in [0.15, 0.2) is 5.43 Å². The Morgan fingerprint density at radius 2 is 1.71 bits per heavy atom. The van der Waals surface area contributed by atoms with Crippen molar-refractivity contribution >= 4 is 50.1 Å². The van der Waals surface area contributed by atoms with Gasteiger partial charge in [-0.25, -0.2) is 9.97 Å². The lowest BCUT2D eigenvalue weighted by Gasteiger charge is -2.24. The number of para-hydroxylation sites is 2. The molecular formula is C32H23ClN6O2. The van der Waals surface area contributed by atoms with Gasteiger partial charge in [-0.3, -0.25) is 14.2 Å². The molecule has 0 saturated heterocycles. The molecule has 4 aromatic heterocycles. The molecule has 0 bridgehead atoms. The van der Waals surface area contributed by atoms with E-state index in [1.165, 1.54) is 12.4 Å². The van der Waals surface area contributed by atoms with Crippen LogP contribution in [0.4, 0.5) is 5.82 Å². The number of anilines is 1. The summed E-state index contributed by atoms with van der Waals surface area (Å²) in [7, 11) is 0. The molecule has 7 rings (SSSR count). The maximum absolute atomic E-state index is 14.5. The lowest BCUT2D eigenvalue weighted by Crippen LogP contribution is -2.27. The van der Waals surface area contributed by atoms with Crippen molar-refractivity contribution in [3.63, 3.8) is 0 Å². The Balaban J connectivity index is 1.48. The van der Waals surface area contributed by atoms with Crippen LogP contribution in [0.25, 0.3) is 49.7 Å². The summed E-state index contributed by atoms with van der Waals surface area (Å²) in [6.07, 6.45) is 2.93. The average Bonchev–Trinajstić information content (AvgIpc) is 3.43. The van der Waals surface area contributed by atoms with Gasteiger partial charge in [-0.1, -0.05) is 66.2 Å². The summed E-state index contributed by atoms with van der Waals surface area (Å²) in [6.45, 7) is 1.89. The zero-order valence-electron chi connectivity index (χ0n) is 21.9. The number of halogens is 1. The molecule has 0 saturated carbocycles. The van der Waals surface area contributed by atoms with Crippen molar-refractivity contribution in [3.05, 3.63) is 129 Å². The van der Waals surface area contributed by atoms with Crippen LogP contribution in [-0.2, 0) is 0 Å². The minimum absolute atomic E-state index is 0.209. The molecule has 0 aliphatic rings. The van der Waals surface area contributed by atoms with Gasteiger partial charge in [-0.05, 0) is 31.2 Å². The Morgan fingerprint density at radius 3 is 2.54 bits per heavy atom. The van der Waals surface area contributed by atoms with Crippen molar-refractivity contribution in [1.82, 2.24) is 24.5 Å². The molecule has 41 heavy (non-hydrogen) atoms. The monoisotopic (exact) mass is 558 g/mol. The standard InChI is InChI=1S/C32H23ClN6O2/c1-18(37-31-27-25(40)14-15-34-30(27)35-17-36-31)29-28(33)22-12-7-11-21(24-16-19-8-5-6-13-23(19)38-24)26(22)32(41)39(29)20-9-3-2-4-10-20/h2-18,38H,1H3,(H2,34,35,36,37,40)/t18-/m0/s1. The van der Waals surface area contributed by atoms with E-state index < -0.39 is 6.04 Å². The third-order valence-electron chi connectivity index (χ3n) is 7.33. The summed E-state index contributed by atoms with van der Waals surface area (Å²) in [5, 5.41) is 6.27. The summed E-state index contributed by atoms with van der Waals surface area (Å²) in [5.41, 5.74) is 3.77. The number of hydrogen-bond acceptors (Lipinski definition) is 5. The zero-order chi connectivity index (χ0) is 28.1. The van der Waals surface area contributed by atoms with E-state index in [9.17, 15) is 9.59 Å². The fourth-order valence-electron chi connectivity index (χ4n) is 5.47. The van der Waals surface area contributed by atoms with Gasteiger partial charge in [0.1, 0.15) is 23.2 Å². The molecule has 0 aliphatic heterocycles. The maximum atomic E-state index is 14.5. The van der Waals surface area contributed by atoms with Gasteiger partial charge < -0.3 is 15.3 Å². The molecule has 4 heterocycles. The molecule has 7 aromatic rings. The van der Waals surface area contributed by atoms with E-state index in [2.05, 4.69) is 25.3 Å². The predicted molar refractivity (Wildman–Crippen MR) is 164 cm³/mol. The number of nitrogens with zero attached hydrogens (tertiary/aromatic N) is 3. The van der Waals surface area contributed by atoms with E-state index in [1.807, 2.05) is 85.8 Å². The second kappa shape index (κ2) is 9.76. The van der Waals surface area contributed by atoms with Crippen LogP contribution in [0.1, 0.15) is 18.7 Å². The van der Waals surface area contributed by atoms with Crippen LogP contribution < -0.4 is 16.3 Å². The summed E-state index contributed by atoms with van der Waals surface area (Å²) < 4.78 is 1.64. The minimum atomic E-state index is -0.519. The van der Waals surface area contributed by atoms with Crippen LogP contribution in [0.2, 0.25) is 5.02 Å². The summed E-state index contributed by atoms with van der Waals surface area (Å²) >= 11 is 7.21. The van der Waals surface area contributed by atoms with Crippen LogP contribution in [0.15, 0.2) is 107 Å². The molecule has 0 radical (unpaired) electrons. The van der Waals surface area contributed by atoms with Gasteiger partial charge in [-0.15, -0.1) is 0 Å². The molecule has 3 aromatic carbocycles. The van der Waals surface area contributed by atoms with Crippen LogP contribution in [-0.4, -0.2) is 24.5 Å². The van der Waals surface area contributed by atoms with Gasteiger partial charge in [0.2, 0.25) is 0 Å². The third kappa shape index (κ3) is 4.08. The van der Waals surface area contributed by atoms with Crippen molar-refractivity contribution in [2.24, 2.45) is 0 Å². The molecule has 0 amide bonds. The van der Waals surface area contributed by atoms with Crippen molar-refractivity contribution < 1.29 is 0 Å². The van der Waals surface area contributed by atoms with E-state index in [-0.39, 0.29) is 11.0 Å². The molecular weight excluding hydrogens is 536 g/mol. The first-order chi connectivity index (χ1) is 20.0. The molecule has 0 unspecified atom stereocenters. The van der Waals surface area contributed by atoms with Crippen LogP contribution >= 0.6 is 11.6 Å². The van der Waals surface area contributed by atoms with Crippen LogP contribution in [0, 0.1) is 0 Å². The average molecular weight is 559 g/mol. The molecule has 8 nitrogen and oxygen atoms in total. The number of nitrogens with one attached hydrogen (secondary N) is 3. The van der Waals surface area contributed by atoms with Gasteiger partial charge in [-0.2, -0.15) is 0 Å². The normalized spacial score (nSPS) is 12.2. The van der Waals surface area contributed by atoms with E-state index in [4.69, 9.17) is 11.6 Å². The van der Waals surface area contributed by atoms with Crippen molar-refractivity contribution in [1.29, 1.82) is 0 Å². The lowest BCUT2D eigenvalue weighted by molar-refractivity contribution is 0.774. The molecule has 3 N–H and O–H groups in total. The van der Waals surface area contributed by atoms with Crippen molar-refractivity contribution in [2.45, 2.75) is 13.0 Å². The number of H-pyrrole nitrogens is 2. The number of aromatic nitrogens is 5. The van der Waals surface area contributed by atoms with Crippen LogP contribution in [0.5, 0.6) is 0 Å². The lowest BCUT2D eigenvalue weighted by atomic mass is 10.0. The summed E-state index contributed by atoms with van der Waals surface area (Å²) in [5.74, 6) is 0.347. The smallest absolute Gasteiger partial charge is 0.264 e. The highest BCUT2D eigenvalue weighted by atomic mass is 35.5. The number of aromatic amines is 2. The summed E-state index contributed by atoms with van der Waals surface area (Å²) in [6, 6.07) is 26.0. The molecule has 0 aliphatic carbocycles. The van der Waals surface area contributed by atoms with Crippen LogP contribution in [0.3, 0.4) is 0 Å². The van der Waals surface area contributed by atoms with E-state index >= 15 is 0 Å². The highest BCUT2D eigenvalue weighted by Crippen LogP contribution is 2.37. The Hall–Kier alpha value is -5.21. The van der Waals surface area contributed by atoms with Crippen molar-refractivity contribution in [3.8, 4) is 16.9 Å². The topological polar surface area (TPSA) is 108 Å². The molecule has 0 fully saturated rings. The highest BCUT2D eigenvalue weighted by molar-refractivity contribution is 6.36. The Bertz CT molecular complexity index is 2180. The second-order valence-electron chi connectivity index (χ2n) is 9.83. The molecule has 200 valence electrons. The first kappa shape index (κ1) is 24.8. The number of hydrogen-bond donors (Lipinski definition) is 3. The Morgan fingerprint density at radius 1 is 0.902 bits per heavy atom. The number of pyridine rings is 2. The van der Waals surface area contributed by atoms with E-state index in [0.29, 0.717) is 44.0 Å². The molecule has 9 heteroatoms. The first-order valence-corrected chi connectivity index (χ1v) is 13.5. The van der Waals surface area contributed by atoms with E-state index in [0.717, 1.165) is 22.2 Å². The number of fused-ring (bicyclic) bond motifs is 3. The fraction of sp³-hybridized carbons (Fsp3) is 0.0625. The molecule has 1 atom stereocenters. The SMILES string of the molecule is C[C@H](Nc1ncnc2[nH]ccc(=O)c12)c1c(Cl)c2cccc(-c3cc4ccccc4[nH]3)c2c(=O)n1-c1ccccc1. The Kier molecular flexibility index (Phi) is 5.91. The molecule has 0 spiro atoms. The first-order valence-electron chi connectivity index (χ1n) is 13.1. The third-order valence-corrected chi connectivity index (χ3v) is 7.73. The zero-order valence-corrected chi connectivity index (χ0v) is 22.6. The fourth-order valence-corrected chi connectivity index (χ4v) is 5.88. The second-order valence-corrected chi connectivity index (χ2v) is 10.2. The summed E-state index contributed by atoms with van der Waals surface area (Å²) in [4.78, 5) is 42.2. The quantitative estimate of drug-likeness (QED) is 0.221. The maximum Gasteiger partial charge on any atom is 0.264 e. The van der Waals surface area contributed by atoms with Gasteiger partial charge in [0, 0.05) is 45.5 Å².